The lowest BCUT2D eigenvalue weighted by Crippen LogP contribution is -2.21. The maximum absolute atomic E-state index is 12.5. The molecule has 3 rings (SSSR count). The molecule has 3 aromatic carbocycles. The lowest BCUT2D eigenvalue weighted by Gasteiger charge is -2.10. The molecule has 0 heterocycles. The van der Waals surface area contributed by atoms with E-state index < -0.39 is 18.5 Å². The fraction of sp³-hybridized carbons (Fsp3) is 0.0909. The van der Waals surface area contributed by atoms with Crippen molar-refractivity contribution in [2.45, 2.75) is 6.42 Å². The summed E-state index contributed by atoms with van der Waals surface area (Å²) < 4.78 is 5.18. The molecule has 0 fully saturated rings. The number of carbonyl (C=O) groups is 2. The summed E-state index contributed by atoms with van der Waals surface area (Å²) >= 11 is 11.8. The van der Waals surface area contributed by atoms with Crippen molar-refractivity contribution >= 4 is 40.8 Å². The largest absolute Gasteiger partial charge is 0.452 e. The van der Waals surface area contributed by atoms with Crippen molar-refractivity contribution in [3.63, 3.8) is 0 Å². The van der Waals surface area contributed by atoms with Crippen LogP contribution in [0, 0.1) is 0 Å². The first-order chi connectivity index (χ1) is 13.5. The molecular weight excluding hydrogens is 397 g/mol. The number of hydrogen-bond donors (Lipinski definition) is 1. The van der Waals surface area contributed by atoms with Crippen LogP contribution in [-0.2, 0) is 16.0 Å². The van der Waals surface area contributed by atoms with Crippen LogP contribution < -0.4 is 5.32 Å². The van der Waals surface area contributed by atoms with Crippen molar-refractivity contribution in [1.82, 2.24) is 0 Å². The molecule has 1 N–H and O–H groups in total. The SMILES string of the molecule is O=C(COC(=O)c1ccccc1Cc1ccccc1)Nc1ccc(Cl)c(Cl)c1. The van der Waals surface area contributed by atoms with Gasteiger partial charge in [-0.2, -0.15) is 0 Å². The highest BCUT2D eigenvalue weighted by molar-refractivity contribution is 6.42. The summed E-state index contributed by atoms with van der Waals surface area (Å²) in [6, 6.07) is 21.7. The van der Waals surface area contributed by atoms with Crippen LogP contribution in [0.15, 0.2) is 72.8 Å². The van der Waals surface area contributed by atoms with E-state index in [0.29, 0.717) is 27.7 Å². The number of amides is 1. The molecule has 0 saturated heterocycles. The van der Waals surface area contributed by atoms with Crippen molar-refractivity contribution in [2.24, 2.45) is 0 Å². The number of benzene rings is 3. The van der Waals surface area contributed by atoms with Gasteiger partial charge in [0.1, 0.15) is 0 Å². The first kappa shape index (κ1) is 19.9. The minimum absolute atomic E-state index is 0.325. The Bertz CT molecular complexity index is 990. The summed E-state index contributed by atoms with van der Waals surface area (Å²) in [5, 5.41) is 3.33. The van der Waals surface area contributed by atoms with Crippen molar-refractivity contribution in [1.29, 1.82) is 0 Å². The van der Waals surface area contributed by atoms with Crippen LogP contribution in [0.4, 0.5) is 5.69 Å². The summed E-state index contributed by atoms with van der Waals surface area (Å²) in [5.74, 6) is -1.01. The van der Waals surface area contributed by atoms with Gasteiger partial charge in [0.25, 0.3) is 5.91 Å². The van der Waals surface area contributed by atoms with E-state index >= 15 is 0 Å². The lowest BCUT2D eigenvalue weighted by molar-refractivity contribution is -0.119. The highest BCUT2D eigenvalue weighted by Gasteiger charge is 2.15. The molecule has 0 aliphatic heterocycles. The first-order valence-corrected chi connectivity index (χ1v) is 9.32. The van der Waals surface area contributed by atoms with Crippen LogP contribution in [0.3, 0.4) is 0 Å². The van der Waals surface area contributed by atoms with E-state index in [1.54, 1.807) is 24.3 Å². The number of ether oxygens (including phenoxy) is 1. The zero-order valence-electron chi connectivity index (χ0n) is 14.8. The Balaban J connectivity index is 1.61. The number of halogens is 2. The zero-order valence-corrected chi connectivity index (χ0v) is 16.3. The van der Waals surface area contributed by atoms with Gasteiger partial charge in [-0.25, -0.2) is 4.79 Å². The molecule has 3 aromatic rings. The Kier molecular flexibility index (Phi) is 6.69. The van der Waals surface area contributed by atoms with Gasteiger partial charge in [0, 0.05) is 5.69 Å². The van der Waals surface area contributed by atoms with E-state index in [-0.39, 0.29) is 0 Å². The standard InChI is InChI=1S/C22H17Cl2NO3/c23-19-11-10-17(13-20(19)24)25-21(26)14-28-22(27)18-9-5-4-8-16(18)12-15-6-2-1-3-7-15/h1-11,13H,12,14H2,(H,25,26). The molecule has 1 amide bonds. The van der Waals surface area contributed by atoms with E-state index in [1.807, 2.05) is 42.5 Å². The van der Waals surface area contributed by atoms with E-state index in [0.717, 1.165) is 11.1 Å². The average molecular weight is 414 g/mol. The third-order valence-corrected chi connectivity index (χ3v) is 4.75. The summed E-state index contributed by atoms with van der Waals surface area (Å²) in [7, 11) is 0. The van der Waals surface area contributed by atoms with Gasteiger partial charge in [0.2, 0.25) is 0 Å². The van der Waals surface area contributed by atoms with Crippen LogP contribution in [0.2, 0.25) is 10.0 Å². The molecule has 6 heteroatoms. The van der Waals surface area contributed by atoms with Crippen LogP contribution in [0.25, 0.3) is 0 Å². The van der Waals surface area contributed by atoms with Crippen molar-refractivity contribution in [3.8, 4) is 0 Å². The van der Waals surface area contributed by atoms with E-state index in [1.165, 1.54) is 6.07 Å². The molecule has 0 atom stereocenters. The van der Waals surface area contributed by atoms with Gasteiger partial charge in [0.05, 0.1) is 15.6 Å². The molecule has 4 nitrogen and oxygen atoms in total. The minimum atomic E-state index is -0.546. The van der Waals surface area contributed by atoms with Crippen LogP contribution in [-0.4, -0.2) is 18.5 Å². The quantitative estimate of drug-likeness (QED) is 0.551. The molecular formula is C22H17Cl2NO3. The molecule has 0 spiro atoms. The maximum atomic E-state index is 12.5. The average Bonchev–Trinajstić information content (AvgIpc) is 2.70. The molecule has 0 aliphatic rings. The second-order valence-corrected chi connectivity index (χ2v) is 6.89. The molecule has 0 unspecified atom stereocenters. The molecule has 0 radical (unpaired) electrons. The smallest absolute Gasteiger partial charge is 0.338 e. The van der Waals surface area contributed by atoms with Gasteiger partial charge in [-0.3, -0.25) is 4.79 Å². The fourth-order valence-corrected chi connectivity index (χ4v) is 2.97. The number of hydrogen-bond acceptors (Lipinski definition) is 3. The van der Waals surface area contributed by atoms with Gasteiger partial charge in [-0.05, 0) is 41.8 Å². The number of nitrogens with one attached hydrogen (secondary N) is 1. The topological polar surface area (TPSA) is 55.4 Å². The van der Waals surface area contributed by atoms with Crippen molar-refractivity contribution in [2.75, 3.05) is 11.9 Å². The molecule has 0 bridgehead atoms. The van der Waals surface area contributed by atoms with Crippen LogP contribution in [0.5, 0.6) is 0 Å². The summed E-state index contributed by atoms with van der Waals surface area (Å²) in [4.78, 5) is 24.5. The van der Waals surface area contributed by atoms with Gasteiger partial charge < -0.3 is 10.1 Å². The Morgan fingerprint density at radius 1 is 0.857 bits per heavy atom. The van der Waals surface area contributed by atoms with Crippen molar-refractivity contribution in [3.05, 3.63) is 99.5 Å². The molecule has 0 aromatic heterocycles. The highest BCUT2D eigenvalue weighted by Crippen LogP contribution is 2.25. The summed E-state index contributed by atoms with van der Waals surface area (Å²) in [5.41, 5.74) is 2.83. The number of esters is 1. The molecule has 28 heavy (non-hydrogen) atoms. The summed E-state index contributed by atoms with van der Waals surface area (Å²) in [6.07, 6.45) is 0.599. The Labute approximate surface area is 173 Å². The van der Waals surface area contributed by atoms with E-state index in [4.69, 9.17) is 27.9 Å². The van der Waals surface area contributed by atoms with Crippen molar-refractivity contribution < 1.29 is 14.3 Å². The van der Waals surface area contributed by atoms with Crippen LogP contribution in [0.1, 0.15) is 21.5 Å². The zero-order chi connectivity index (χ0) is 19.9. The maximum Gasteiger partial charge on any atom is 0.338 e. The Hall–Kier alpha value is -2.82. The lowest BCUT2D eigenvalue weighted by atomic mass is 10.00. The predicted molar refractivity (Wildman–Crippen MR) is 111 cm³/mol. The third kappa shape index (κ3) is 5.35. The molecule has 0 saturated carbocycles. The van der Waals surface area contributed by atoms with Gasteiger partial charge in [-0.1, -0.05) is 71.7 Å². The highest BCUT2D eigenvalue weighted by atomic mass is 35.5. The third-order valence-electron chi connectivity index (χ3n) is 4.01. The normalized spacial score (nSPS) is 10.4. The van der Waals surface area contributed by atoms with E-state index in [2.05, 4.69) is 5.32 Å². The van der Waals surface area contributed by atoms with Gasteiger partial charge in [-0.15, -0.1) is 0 Å². The van der Waals surface area contributed by atoms with Gasteiger partial charge in [0.15, 0.2) is 6.61 Å². The van der Waals surface area contributed by atoms with E-state index in [9.17, 15) is 9.59 Å². The first-order valence-electron chi connectivity index (χ1n) is 8.57. The predicted octanol–water partition coefficient (Wildman–Crippen LogP) is 5.38. The molecule has 142 valence electrons. The fourth-order valence-electron chi connectivity index (χ4n) is 2.67. The monoisotopic (exact) mass is 413 g/mol. The number of anilines is 1. The Morgan fingerprint density at radius 3 is 2.32 bits per heavy atom. The van der Waals surface area contributed by atoms with Crippen LogP contribution >= 0.6 is 23.2 Å². The number of rotatable bonds is 6. The Morgan fingerprint density at radius 2 is 1.57 bits per heavy atom. The van der Waals surface area contributed by atoms with Gasteiger partial charge >= 0.3 is 5.97 Å². The summed E-state index contributed by atoms with van der Waals surface area (Å²) in [6.45, 7) is -0.404. The molecule has 0 aliphatic carbocycles. The minimum Gasteiger partial charge on any atom is -0.452 e. The number of carbonyl (C=O) groups excluding carboxylic acids is 2. The second kappa shape index (κ2) is 9.40. The second-order valence-electron chi connectivity index (χ2n) is 6.07.